The van der Waals surface area contributed by atoms with Crippen molar-refractivity contribution in [1.29, 1.82) is 0 Å². The SMILES string of the molecule is CCc1ccc(C(=O)CCN(C)C)cc1. The van der Waals surface area contributed by atoms with Crippen LogP contribution in [0.15, 0.2) is 24.3 Å². The van der Waals surface area contributed by atoms with Crippen molar-refractivity contribution in [3.8, 4) is 0 Å². The lowest BCUT2D eigenvalue weighted by Gasteiger charge is -2.08. The lowest BCUT2D eigenvalue weighted by atomic mass is 10.1. The Balaban J connectivity index is 2.58. The molecule has 0 aliphatic heterocycles. The molecule has 0 bridgehead atoms. The van der Waals surface area contributed by atoms with E-state index in [4.69, 9.17) is 0 Å². The van der Waals surface area contributed by atoms with Gasteiger partial charge in [0.25, 0.3) is 0 Å². The second-order valence-electron chi connectivity index (χ2n) is 4.03. The van der Waals surface area contributed by atoms with Crippen LogP contribution in [0, 0.1) is 0 Å². The van der Waals surface area contributed by atoms with Gasteiger partial charge in [-0.3, -0.25) is 4.79 Å². The van der Waals surface area contributed by atoms with Crippen LogP contribution in [0.1, 0.15) is 29.3 Å². The third-order valence-electron chi connectivity index (χ3n) is 2.47. The monoisotopic (exact) mass is 205 g/mol. The first kappa shape index (κ1) is 11.9. The summed E-state index contributed by atoms with van der Waals surface area (Å²) in [6.45, 7) is 2.93. The van der Waals surface area contributed by atoms with Crippen molar-refractivity contribution in [3.63, 3.8) is 0 Å². The highest BCUT2D eigenvalue weighted by molar-refractivity contribution is 5.96. The van der Waals surface area contributed by atoms with Crippen molar-refractivity contribution < 1.29 is 4.79 Å². The zero-order valence-corrected chi connectivity index (χ0v) is 9.79. The molecule has 82 valence electrons. The van der Waals surface area contributed by atoms with E-state index in [9.17, 15) is 4.79 Å². The number of ketones is 1. The molecule has 1 rings (SSSR count). The molecule has 0 saturated heterocycles. The predicted molar refractivity (Wildman–Crippen MR) is 63.3 cm³/mol. The predicted octanol–water partition coefficient (Wildman–Crippen LogP) is 2.38. The van der Waals surface area contributed by atoms with E-state index in [1.807, 2.05) is 43.3 Å². The molecule has 1 aromatic carbocycles. The number of benzene rings is 1. The molecule has 0 heterocycles. The Bertz CT molecular complexity index is 314. The van der Waals surface area contributed by atoms with Crippen LogP contribution in [0.25, 0.3) is 0 Å². The number of aryl methyl sites for hydroxylation is 1. The zero-order valence-electron chi connectivity index (χ0n) is 9.79. The molecule has 0 aromatic heterocycles. The van der Waals surface area contributed by atoms with Crippen molar-refractivity contribution in [2.24, 2.45) is 0 Å². The van der Waals surface area contributed by atoms with Gasteiger partial charge in [0.2, 0.25) is 0 Å². The van der Waals surface area contributed by atoms with Gasteiger partial charge in [-0.05, 0) is 26.1 Å². The number of rotatable bonds is 5. The van der Waals surface area contributed by atoms with Crippen molar-refractivity contribution >= 4 is 5.78 Å². The number of hydrogen-bond donors (Lipinski definition) is 0. The molecule has 0 unspecified atom stereocenters. The van der Waals surface area contributed by atoms with E-state index in [2.05, 4.69) is 6.92 Å². The summed E-state index contributed by atoms with van der Waals surface area (Å²) in [7, 11) is 3.96. The fraction of sp³-hybridized carbons (Fsp3) is 0.462. The summed E-state index contributed by atoms with van der Waals surface area (Å²) >= 11 is 0. The molecule has 2 nitrogen and oxygen atoms in total. The smallest absolute Gasteiger partial charge is 0.164 e. The molecule has 0 saturated carbocycles. The number of carbonyl (C=O) groups excluding carboxylic acids is 1. The summed E-state index contributed by atoms with van der Waals surface area (Å²) < 4.78 is 0. The van der Waals surface area contributed by atoms with E-state index >= 15 is 0 Å². The molecule has 0 fully saturated rings. The highest BCUT2D eigenvalue weighted by atomic mass is 16.1. The van der Waals surface area contributed by atoms with Gasteiger partial charge in [-0.1, -0.05) is 31.2 Å². The van der Waals surface area contributed by atoms with Gasteiger partial charge in [-0.2, -0.15) is 0 Å². The number of carbonyl (C=O) groups is 1. The van der Waals surface area contributed by atoms with Gasteiger partial charge in [0.05, 0.1) is 0 Å². The molecular weight excluding hydrogens is 186 g/mol. The molecule has 1 aromatic rings. The molecule has 0 aliphatic carbocycles. The average molecular weight is 205 g/mol. The first-order chi connectivity index (χ1) is 7.13. The Morgan fingerprint density at radius 2 is 1.80 bits per heavy atom. The van der Waals surface area contributed by atoms with E-state index in [1.54, 1.807) is 0 Å². The van der Waals surface area contributed by atoms with E-state index in [0.29, 0.717) is 6.42 Å². The van der Waals surface area contributed by atoms with Gasteiger partial charge >= 0.3 is 0 Å². The maximum Gasteiger partial charge on any atom is 0.164 e. The second kappa shape index (κ2) is 5.66. The van der Waals surface area contributed by atoms with Crippen LogP contribution in [0.3, 0.4) is 0 Å². The summed E-state index contributed by atoms with van der Waals surface area (Å²) in [5.74, 6) is 0.228. The second-order valence-corrected chi connectivity index (χ2v) is 4.03. The van der Waals surface area contributed by atoms with Gasteiger partial charge in [0, 0.05) is 18.5 Å². The lowest BCUT2D eigenvalue weighted by Crippen LogP contribution is -2.16. The van der Waals surface area contributed by atoms with E-state index in [1.165, 1.54) is 5.56 Å². The average Bonchev–Trinajstić information content (AvgIpc) is 2.26. The number of hydrogen-bond acceptors (Lipinski definition) is 2. The van der Waals surface area contributed by atoms with Crippen molar-refractivity contribution in [2.45, 2.75) is 19.8 Å². The third-order valence-corrected chi connectivity index (χ3v) is 2.47. The summed E-state index contributed by atoms with van der Waals surface area (Å²) in [5, 5.41) is 0. The normalized spacial score (nSPS) is 10.7. The highest BCUT2D eigenvalue weighted by Crippen LogP contribution is 2.07. The first-order valence-electron chi connectivity index (χ1n) is 5.40. The van der Waals surface area contributed by atoms with Crippen LogP contribution in [0.4, 0.5) is 0 Å². The third kappa shape index (κ3) is 3.84. The Morgan fingerprint density at radius 1 is 1.20 bits per heavy atom. The largest absolute Gasteiger partial charge is 0.309 e. The van der Waals surface area contributed by atoms with Crippen molar-refractivity contribution in [2.75, 3.05) is 20.6 Å². The van der Waals surface area contributed by atoms with Crippen molar-refractivity contribution in [1.82, 2.24) is 4.90 Å². The first-order valence-corrected chi connectivity index (χ1v) is 5.40. The number of nitrogens with zero attached hydrogens (tertiary/aromatic N) is 1. The molecule has 2 heteroatoms. The van der Waals surface area contributed by atoms with Gasteiger partial charge in [-0.25, -0.2) is 0 Å². The number of Topliss-reactive ketones (excluding diaryl/α,β-unsaturated/α-hetero) is 1. The maximum atomic E-state index is 11.7. The van der Waals surface area contributed by atoms with E-state index < -0.39 is 0 Å². The highest BCUT2D eigenvalue weighted by Gasteiger charge is 2.05. The van der Waals surface area contributed by atoms with Crippen molar-refractivity contribution in [3.05, 3.63) is 35.4 Å². The Labute approximate surface area is 91.9 Å². The fourth-order valence-corrected chi connectivity index (χ4v) is 1.40. The minimum absolute atomic E-state index is 0.228. The van der Waals surface area contributed by atoms with E-state index in [-0.39, 0.29) is 5.78 Å². The van der Waals surface area contributed by atoms with Gasteiger partial charge in [-0.15, -0.1) is 0 Å². The van der Waals surface area contributed by atoms with Gasteiger partial charge in [0.1, 0.15) is 0 Å². The van der Waals surface area contributed by atoms with E-state index in [0.717, 1.165) is 18.5 Å². The molecule has 0 N–H and O–H groups in total. The summed E-state index contributed by atoms with van der Waals surface area (Å²) in [4.78, 5) is 13.7. The molecule has 0 aliphatic rings. The lowest BCUT2D eigenvalue weighted by molar-refractivity contribution is 0.0972. The maximum absolute atomic E-state index is 11.7. The Hall–Kier alpha value is -1.15. The van der Waals surface area contributed by atoms with Crippen LogP contribution < -0.4 is 0 Å². The molecular formula is C13H19NO. The van der Waals surface area contributed by atoms with Crippen LogP contribution in [0.2, 0.25) is 0 Å². The molecule has 0 spiro atoms. The van der Waals surface area contributed by atoms with Gasteiger partial charge in [0.15, 0.2) is 5.78 Å². The topological polar surface area (TPSA) is 20.3 Å². The van der Waals surface area contributed by atoms with Crippen LogP contribution in [-0.4, -0.2) is 31.3 Å². The van der Waals surface area contributed by atoms with Crippen LogP contribution >= 0.6 is 0 Å². The fourth-order valence-electron chi connectivity index (χ4n) is 1.40. The zero-order chi connectivity index (χ0) is 11.3. The summed E-state index contributed by atoms with van der Waals surface area (Å²) in [6, 6.07) is 7.92. The molecule has 0 atom stereocenters. The summed E-state index contributed by atoms with van der Waals surface area (Å²) in [5.41, 5.74) is 2.10. The minimum atomic E-state index is 0.228. The minimum Gasteiger partial charge on any atom is -0.309 e. The van der Waals surface area contributed by atoms with Crippen LogP contribution in [-0.2, 0) is 6.42 Å². The molecule has 0 amide bonds. The van der Waals surface area contributed by atoms with Crippen LogP contribution in [0.5, 0.6) is 0 Å². The summed E-state index contributed by atoms with van der Waals surface area (Å²) in [6.07, 6.45) is 1.62. The Kier molecular flexibility index (Phi) is 4.50. The van der Waals surface area contributed by atoms with Gasteiger partial charge < -0.3 is 4.90 Å². The quantitative estimate of drug-likeness (QED) is 0.688. The Morgan fingerprint density at radius 3 is 2.27 bits per heavy atom. The molecule has 0 radical (unpaired) electrons. The standard InChI is InChI=1S/C13H19NO/c1-4-11-5-7-12(8-6-11)13(15)9-10-14(2)3/h5-8H,4,9-10H2,1-3H3. The molecule has 15 heavy (non-hydrogen) atoms.